The minimum Gasteiger partial charge on any atom is -0.304 e. The number of anilines is 1. The Bertz CT molecular complexity index is 906. The summed E-state index contributed by atoms with van der Waals surface area (Å²) in [5.41, 5.74) is 1.52. The molecule has 0 aliphatic heterocycles. The molecule has 0 saturated carbocycles. The van der Waals surface area contributed by atoms with Gasteiger partial charge in [0.05, 0.1) is 6.54 Å². The molecule has 0 radical (unpaired) electrons. The minimum atomic E-state index is -2.89. The second-order valence-electron chi connectivity index (χ2n) is 5.35. The fourth-order valence-electron chi connectivity index (χ4n) is 2.37. The summed E-state index contributed by atoms with van der Waals surface area (Å²) in [6, 6.07) is 10.2. The number of benzene rings is 1. The van der Waals surface area contributed by atoms with Crippen LogP contribution in [0.15, 0.2) is 42.6 Å². The highest BCUT2D eigenvalue weighted by atomic mass is 35.5. The molecule has 1 N–H and O–H groups in total. The first kappa shape index (κ1) is 17.1. The van der Waals surface area contributed by atoms with Gasteiger partial charge in [-0.25, -0.2) is 0 Å². The molecule has 0 fully saturated rings. The largest absolute Gasteiger partial charge is 0.333 e. The molecule has 3 rings (SSSR count). The maximum Gasteiger partial charge on any atom is 0.333 e. The summed E-state index contributed by atoms with van der Waals surface area (Å²) < 4.78 is 27.6. The van der Waals surface area contributed by atoms with Crippen LogP contribution in [0, 0.1) is 6.92 Å². The predicted molar refractivity (Wildman–Crippen MR) is 89.0 cm³/mol. The first-order valence-corrected chi connectivity index (χ1v) is 7.74. The summed E-state index contributed by atoms with van der Waals surface area (Å²) in [6.07, 6.45) is 1.14. The Kier molecular flexibility index (Phi) is 4.80. The number of amides is 1. The van der Waals surface area contributed by atoms with E-state index in [0.29, 0.717) is 16.2 Å². The molecule has 1 aromatic carbocycles. The highest BCUT2D eigenvalue weighted by Gasteiger charge is 2.19. The summed E-state index contributed by atoms with van der Waals surface area (Å²) in [4.78, 5) is 12.2. The number of rotatable bonds is 5. The van der Waals surface area contributed by atoms with Crippen LogP contribution in [0.25, 0.3) is 0 Å². The standard InChI is InChI=1S/C16H14ClF2N5O/c1-10-7-14(21-15(25)13-5-6-20-24(13)16(18)19)22-23(10)9-11-3-2-4-12(17)8-11/h2-8,16H,9H2,1H3,(H,21,22,25). The van der Waals surface area contributed by atoms with E-state index in [4.69, 9.17) is 11.6 Å². The molecule has 0 spiro atoms. The number of aryl methyl sites for hydroxylation is 1. The smallest absolute Gasteiger partial charge is 0.304 e. The predicted octanol–water partition coefficient (Wildman–Crippen LogP) is 3.74. The van der Waals surface area contributed by atoms with Gasteiger partial charge in [-0.15, -0.1) is 0 Å². The maximum atomic E-state index is 12.8. The van der Waals surface area contributed by atoms with Gasteiger partial charge in [-0.05, 0) is 30.7 Å². The normalized spacial score (nSPS) is 11.1. The highest BCUT2D eigenvalue weighted by Crippen LogP contribution is 2.17. The summed E-state index contributed by atoms with van der Waals surface area (Å²) >= 11 is 5.97. The summed E-state index contributed by atoms with van der Waals surface area (Å²) in [6.45, 7) is -0.591. The Morgan fingerprint density at radius 1 is 1.32 bits per heavy atom. The average Bonchev–Trinajstić information content (AvgIpc) is 3.15. The van der Waals surface area contributed by atoms with E-state index >= 15 is 0 Å². The zero-order valence-electron chi connectivity index (χ0n) is 13.2. The lowest BCUT2D eigenvalue weighted by Crippen LogP contribution is -2.18. The van der Waals surface area contributed by atoms with Crippen LogP contribution in [0.1, 0.15) is 28.3 Å². The number of nitrogens with one attached hydrogen (secondary N) is 1. The number of alkyl halides is 2. The second-order valence-corrected chi connectivity index (χ2v) is 5.79. The van der Waals surface area contributed by atoms with E-state index in [0.717, 1.165) is 17.5 Å². The molecule has 1 amide bonds. The van der Waals surface area contributed by atoms with Gasteiger partial charge in [0.1, 0.15) is 5.69 Å². The topological polar surface area (TPSA) is 64.7 Å². The Morgan fingerprint density at radius 3 is 2.84 bits per heavy atom. The third-order valence-electron chi connectivity index (χ3n) is 3.53. The molecular weight excluding hydrogens is 352 g/mol. The molecule has 25 heavy (non-hydrogen) atoms. The van der Waals surface area contributed by atoms with E-state index < -0.39 is 12.5 Å². The molecule has 0 atom stereocenters. The second kappa shape index (κ2) is 7.02. The van der Waals surface area contributed by atoms with Crippen molar-refractivity contribution in [2.45, 2.75) is 20.0 Å². The molecule has 0 unspecified atom stereocenters. The van der Waals surface area contributed by atoms with Crippen molar-refractivity contribution in [3.05, 3.63) is 64.6 Å². The lowest BCUT2D eigenvalue weighted by atomic mass is 10.2. The number of hydrogen-bond acceptors (Lipinski definition) is 3. The molecular formula is C16H14ClF2N5O. The molecule has 0 aliphatic rings. The van der Waals surface area contributed by atoms with Gasteiger partial charge in [-0.1, -0.05) is 23.7 Å². The zero-order chi connectivity index (χ0) is 18.0. The Hall–Kier alpha value is -2.74. The zero-order valence-corrected chi connectivity index (χ0v) is 13.9. The number of carbonyl (C=O) groups is 1. The molecule has 2 aromatic heterocycles. The minimum absolute atomic E-state index is 0.239. The van der Waals surface area contributed by atoms with Gasteiger partial charge in [0.2, 0.25) is 0 Å². The number of aromatic nitrogens is 4. The molecule has 0 aliphatic carbocycles. The van der Waals surface area contributed by atoms with Crippen molar-refractivity contribution >= 4 is 23.3 Å². The van der Waals surface area contributed by atoms with Crippen molar-refractivity contribution in [2.75, 3.05) is 5.32 Å². The first-order chi connectivity index (χ1) is 11.9. The molecule has 6 nitrogen and oxygen atoms in total. The summed E-state index contributed by atoms with van der Waals surface area (Å²) in [7, 11) is 0. The van der Waals surface area contributed by atoms with Crippen LogP contribution < -0.4 is 5.32 Å². The van der Waals surface area contributed by atoms with Crippen LogP contribution >= 0.6 is 11.6 Å². The molecule has 9 heteroatoms. The van der Waals surface area contributed by atoms with Crippen molar-refractivity contribution in [1.29, 1.82) is 0 Å². The third kappa shape index (κ3) is 3.85. The van der Waals surface area contributed by atoms with E-state index in [9.17, 15) is 13.6 Å². The number of carbonyl (C=O) groups excluding carboxylic acids is 1. The fourth-order valence-corrected chi connectivity index (χ4v) is 2.58. The monoisotopic (exact) mass is 365 g/mol. The molecule has 3 aromatic rings. The van der Waals surface area contributed by atoms with Crippen LogP contribution in [0.5, 0.6) is 0 Å². The Balaban J connectivity index is 1.76. The molecule has 2 heterocycles. The summed E-state index contributed by atoms with van der Waals surface area (Å²) in [5, 5.41) is 10.8. The average molecular weight is 366 g/mol. The van der Waals surface area contributed by atoms with Gasteiger partial charge in [0.15, 0.2) is 5.82 Å². The molecule has 0 saturated heterocycles. The van der Waals surface area contributed by atoms with E-state index in [1.807, 2.05) is 25.1 Å². The van der Waals surface area contributed by atoms with E-state index in [1.165, 1.54) is 6.07 Å². The van der Waals surface area contributed by atoms with Gasteiger partial charge in [-0.2, -0.15) is 23.7 Å². The maximum absolute atomic E-state index is 12.8. The van der Waals surface area contributed by atoms with Crippen molar-refractivity contribution in [3.63, 3.8) is 0 Å². The van der Waals surface area contributed by atoms with Crippen LogP contribution in [-0.4, -0.2) is 25.5 Å². The van der Waals surface area contributed by atoms with Crippen molar-refractivity contribution < 1.29 is 13.6 Å². The Morgan fingerprint density at radius 2 is 2.12 bits per heavy atom. The van der Waals surface area contributed by atoms with Gasteiger partial charge in [0, 0.05) is 23.0 Å². The van der Waals surface area contributed by atoms with Crippen LogP contribution in [-0.2, 0) is 6.54 Å². The SMILES string of the molecule is Cc1cc(NC(=O)c2ccnn2C(F)F)nn1Cc1cccc(Cl)c1. The van der Waals surface area contributed by atoms with Crippen molar-refractivity contribution in [2.24, 2.45) is 0 Å². The molecule has 0 bridgehead atoms. The van der Waals surface area contributed by atoms with Crippen LogP contribution in [0.3, 0.4) is 0 Å². The van der Waals surface area contributed by atoms with E-state index in [1.54, 1.807) is 16.8 Å². The summed E-state index contributed by atoms with van der Waals surface area (Å²) in [5.74, 6) is -0.434. The lowest BCUT2D eigenvalue weighted by molar-refractivity contribution is 0.0520. The molecule has 130 valence electrons. The lowest BCUT2D eigenvalue weighted by Gasteiger charge is -2.06. The van der Waals surface area contributed by atoms with Crippen LogP contribution in [0.2, 0.25) is 5.02 Å². The highest BCUT2D eigenvalue weighted by molar-refractivity contribution is 6.30. The van der Waals surface area contributed by atoms with Crippen molar-refractivity contribution in [1.82, 2.24) is 19.6 Å². The third-order valence-corrected chi connectivity index (χ3v) is 3.77. The number of nitrogens with zero attached hydrogens (tertiary/aromatic N) is 4. The van der Waals surface area contributed by atoms with Gasteiger partial charge >= 0.3 is 6.55 Å². The van der Waals surface area contributed by atoms with Crippen molar-refractivity contribution in [3.8, 4) is 0 Å². The van der Waals surface area contributed by atoms with Gasteiger partial charge < -0.3 is 5.32 Å². The van der Waals surface area contributed by atoms with Crippen LogP contribution in [0.4, 0.5) is 14.6 Å². The number of halogens is 3. The number of hydrogen-bond donors (Lipinski definition) is 1. The first-order valence-electron chi connectivity index (χ1n) is 7.36. The quantitative estimate of drug-likeness (QED) is 0.749. The Labute approximate surface area is 147 Å². The van der Waals surface area contributed by atoms with E-state index in [2.05, 4.69) is 15.5 Å². The van der Waals surface area contributed by atoms with Gasteiger partial charge in [0.25, 0.3) is 5.91 Å². The van der Waals surface area contributed by atoms with Gasteiger partial charge in [-0.3, -0.25) is 9.48 Å². The fraction of sp³-hybridized carbons (Fsp3) is 0.188. The van der Waals surface area contributed by atoms with E-state index in [-0.39, 0.29) is 11.5 Å².